The van der Waals surface area contributed by atoms with E-state index in [0.717, 1.165) is 18.4 Å². The first-order valence-electron chi connectivity index (χ1n) is 11.3. The van der Waals surface area contributed by atoms with Gasteiger partial charge in [0.1, 0.15) is 11.6 Å². The summed E-state index contributed by atoms with van der Waals surface area (Å²) in [6, 6.07) is 8.93. The molecule has 7 nitrogen and oxygen atoms in total. The zero-order valence-corrected chi connectivity index (χ0v) is 18.7. The summed E-state index contributed by atoms with van der Waals surface area (Å²) in [5, 5.41) is 21.6. The number of carbonyl (C=O) groups excluding carboxylic acids is 1. The monoisotopic (exact) mass is 465 g/mol. The molecule has 0 radical (unpaired) electrons. The van der Waals surface area contributed by atoms with Gasteiger partial charge < -0.3 is 10.4 Å². The highest BCUT2D eigenvalue weighted by Crippen LogP contribution is 2.26. The number of aryl methyl sites for hydroxylation is 1. The maximum Gasteiger partial charge on any atom is 0.272 e. The normalized spacial score (nSPS) is 18.4. The minimum atomic E-state index is -0.636. The summed E-state index contributed by atoms with van der Waals surface area (Å²) in [5.41, 5.74) is 2.17. The first-order chi connectivity index (χ1) is 16.4. The van der Waals surface area contributed by atoms with E-state index < -0.39 is 29.7 Å². The molecule has 1 fully saturated rings. The Hall–Kier alpha value is -3.59. The molecule has 1 saturated carbocycles. The van der Waals surface area contributed by atoms with E-state index in [2.05, 4.69) is 15.5 Å². The molecule has 4 aromatic rings. The zero-order chi connectivity index (χ0) is 23.8. The summed E-state index contributed by atoms with van der Waals surface area (Å²) in [6.45, 7) is 0.0262. The van der Waals surface area contributed by atoms with Gasteiger partial charge in [-0.05, 0) is 36.6 Å². The van der Waals surface area contributed by atoms with E-state index in [1.165, 1.54) is 22.9 Å². The van der Waals surface area contributed by atoms with E-state index in [1.807, 2.05) is 0 Å². The van der Waals surface area contributed by atoms with Gasteiger partial charge in [0, 0.05) is 24.4 Å². The topological polar surface area (TPSA) is 85.0 Å². The summed E-state index contributed by atoms with van der Waals surface area (Å²) in [7, 11) is 1.79. The summed E-state index contributed by atoms with van der Waals surface area (Å²) >= 11 is 0. The van der Waals surface area contributed by atoms with Gasteiger partial charge in [0.15, 0.2) is 5.69 Å². The molecule has 1 amide bonds. The lowest BCUT2D eigenvalue weighted by atomic mass is 9.92. The number of nitrogens with zero attached hydrogens (tertiary/aromatic N) is 4. The summed E-state index contributed by atoms with van der Waals surface area (Å²) in [6.07, 6.45) is 5.90. The van der Waals surface area contributed by atoms with Crippen LogP contribution in [0.2, 0.25) is 0 Å². The smallest absolute Gasteiger partial charge is 0.272 e. The Balaban J connectivity index is 1.46. The number of aliphatic hydroxyl groups excluding tert-OH is 1. The maximum absolute atomic E-state index is 15.0. The molecule has 2 atom stereocenters. The number of hydrogen-bond donors (Lipinski definition) is 2. The van der Waals surface area contributed by atoms with Crippen molar-refractivity contribution in [2.45, 2.75) is 44.4 Å². The second-order valence-corrected chi connectivity index (χ2v) is 8.78. The molecule has 5 rings (SSSR count). The summed E-state index contributed by atoms with van der Waals surface area (Å²) < 4.78 is 32.8. The van der Waals surface area contributed by atoms with Crippen molar-refractivity contribution in [1.82, 2.24) is 24.9 Å². The van der Waals surface area contributed by atoms with Crippen molar-refractivity contribution in [2.75, 3.05) is 0 Å². The molecular formula is C25H25F2N5O2. The average Bonchev–Trinajstić information content (AvgIpc) is 3.41. The molecule has 2 aromatic carbocycles. The van der Waals surface area contributed by atoms with Gasteiger partial charge in [0.2, 0.25) is 0 Å². The van der Waals surface area contributed by atoms with Crippen LogP contribution in [-0.2, 0) is 13.6 Å². The van der Waals surface area contributed by atoms with Gasteiger partial charge in [0.05, 0.1) is 35.8 Å². The number of aromatic nitrogens is 4. The molecule has 0 bridgehead atoms. The van der Waals surface area contributed by atoms with Crippen LogP contribution in [0.3, 0.4) is 0 Å². The van der Waals surface area contributed by atoms with Gasteiger partial charge >= 0.3 is 0 Å². The van der Waals surface area contributed by atoms with Gasteiger partial charge in [0.25, 0.3) is 5.91 Å². The van der Waals surface area contributed by atoms with Crippen molar-refractivity contribution in [3.63, 3.8) is 0 Å². The third-order valence-corrected chi connectivity index (χ3v) is 6.40. The Morgan fingerprint density at radius 3 is 2.71 bits per heavy atom. The molecule has 2 aromatic heterocycles. The number of benzene rings is 2. The van der Waals surface area contributed by atoms with Crippen molar-refractivity contribution in [3.05, 3.63) is 71.7 Å². The third kappa shape index (κ3) is 4.19. The van der Waals surface area contributed by atoms with Gasteiger partial charge in [-0.25, -0.2) is 8.78 Å². The van der Waals surface area contributed by atoms with E-state index in [4.69, 9.17) is 0 Å². The minimum absolute atomic E-state index is 0.0262. The SMILES string of the molecule is Cn1cc(-c2ccc(Cn3nc(C(=O)N[C@H]4CCCC[C@@H]4O)c4c(F)cccc43)c(F)c2)cn1. The van der Waals surface area contributed by atoms with Crippen molar-refractivity contribution in [3.8, 4) is 11.1 Å². The van der Waals surface area contributed by atoms with Crippen LogP contribution in [-0.4, -0.2) is 42.7 Å². The number of carbonyl (C=O) groups is 1. The average molecular weight is 466 g/mol. The predicted molar refractivity (Wildman–Crippen MR) is 123 cm³/mol. The highest BCUT2D eigenvalue weighted by Gasteiger charge is 2.28. The van der Waals surface area contributed by atoms with Crippen molar-refractivity contribution in [2.24, 2.45) is 7.05 Å². The van der Waals surface area contributed by atoms with Crippen LogP contribution in [0.4, 0.5) is 8.78 Å². The first-order valence-corrected chi connectivity index (χ1v) is 11.3. The second kappa shape index (κ2) is 8.98. The van der Waals surface area contributed by atoms with Crippen LogP contribution in [0.15, 0.2) is 48.8 Å². The fourth-order valence-corrected chi connectivity index (χ4v) is 4.57. The van der Waals surface area contributed by atoms with E-state index in [1.54, 1.807) is 42.3 Å². The Bertz CT molecular complexity index is 1360. The molecule has 1 aliphatic rings. The highest BCUT2D eigenvalue weighted by atomic mass is 19.1. The number of hydrogen-bond acceptors (Lipinski definition) is 4. The van der Waals surface area contributed by atoms with Crippen LogP contribution < -0.4 is 5.32 Å². The zero-order valence-electron chi connectivity index (χ0n) is 18.7. The molecule has 0 spiro atoms. The predicted octanol–water partition coefficient (Wildman–Crippen LogP) is 3.80. The minimum Gasteiger partial charge on any atom is -0.391 e. The summed E-state index contributed by atoms with van der Waals surface area (Å²) in [5.74, 6) is -1.56. The molecule has 2 heterocycles. The third-order valence-electron chi connectivity index (χ3n) is 6.40. The molecule has 1 aliphatic carbocycles. The van der Waals surface area contributed by atoms with Crippen LogP contribution in [0, 0.1) is 11.6 Å². The largest absolute Gasteiger partial charge is 0.391 e. The van der Waals surface area contributed by atoms with Crippen LogP contribution >= 0.6 is 0 Å². The highest BCUT2D eigenvalue weighted by molar-refractivity contribution is 6.05. The lowest BCUT2D eigenvalue weighted by Gasteiger charge is -2.28. The first kappa shape index (κ1) is 22.2. The quantitative estimate of drug-likeness (QED) is 0.470. The van der Waals surface area contributed by atoms with Crippen molar-refractivity contribution < 1.29 is 18.7 Å². The van der Waals surface area contributed by atoms with Crippen LogP contribution in [0.5, 0.6) is 0 Å². The Morgan fingerprint density at radius 2 is 1.97 bits per heavy atom. The van der Waals surface area contributed by atoms with Gasteiger partial charge in [-0.1, -0.05) is 31.0 Å². The van der Waals surface area contributed by atoms with Gasteiger partial charge in [-0.2, -0.15) is 10.2 Å². The van der Waals surface area contributed by atoms with Crippen molar-refractivity contribution >= 4 is 16.8 Å². The second-order valence-electron chi connectivity index (χ2n) is 8.78. The van der Waals surface area contributed by atoms with Gasteiger partial charge in [-0.15, -0.1) is 0 Å². The maximum atomic E-state index is 15.0. The molecule has 9 heteroatoms. The Kier molecular flexibility index (Phi) is 5.87. The number of nitrogens with one attached hydrogen (secondary N) is 1. The van der Waals surface area contributed by atoms with Crippen LogP contribution in [0.25, 0.3) is 22.0 Å². The molecule has 176 valence electrons. The molecule has 2 N–H and O–H groups in total. The number of fused-ring (bicyclic) bond motifs is 1. The molecule has 0 unspecified atom stereocenters. The van der Waals surface area contributed by atoms with E-state index in [0.29, 0.717) is 29.5 Å². The molecule has 0 aliphatic heterocycles. The fourth-order valence-electron chi connectivity index (χ4n) is 4.57. The number of aliphatic hydroxyl groups is 1. The number of rotatable bonds is 5. The fraction of sp³-hybridized carbons (Fsp3) is 0.320. The van der Waals surface area contributed by atoms with E-state index in [9.17, 15) is 18.7 Å². The lowest BCUT2D eigenvalue weighted by molar-refractivity contribution is 0.0714. The van der Waals surface area contributed by atoms with Gasteiger partial charge in [-0.3, -0.25) is 14.2 Å². The Morgan fingerprint density at radius 1 is 1.15 bits per heavy atom. The number of halogens is 2. The Labute approximate surface area is 195 Å². The molecule has 34 heavy (non-hydrogen) atoms. The number of amides is 1. The standard InChI is InChI=1S/C25H25F2N5O2/c1-31-13-17(12-28-31)15-9-10-16(19(27)11-15)14-32-21-7-4-5-18(26)23(21)24(30-32)25(34)29-20-6-2-3-8-22(20)33/h4-5,7,9-13,20,22,33H,2-3,6,8,14H2,1H3,(H,29,34)/t20-,22-/m0/s1. The van der Waals surface area contributed by atoms with Crippen molar-refractivity contribution in [1.29, 1.82) is 0 Å². The molecule has 0 saturated heterocycles. The lowest BCUT2D eigenvalue weighted by Crippen LogP contribution is -2.45. The van der Waals surface area contributed by atoms with E-state index >= 15 is 0 Å². The molecular weight excluding hydrogens is 440 g/mol. The van der Waals surface area contributed by atoms with Crippen LogP contribution in [0.1, 0.15) is 41.7 Å². The summed E-state index contributed by atoms with van der Waals surface area (Å²) in [4.78, 5) is 13.0. The van der Waals surface area contributed by atoms with E-state index in [-0.39, 0.29) is 17.6 Å².